The van der Waals surface area contributed by atoms with E-state index in [1.807, 2.05) is 6.08 Å². The van der Waals surface area contributed by atoms with E-state index in [9.17, 15) is 30.0 Å². The van der Waals surface area contributed by atoms with E-state index < -0.39 is 55.4 Å². The second-order valence-corrected chi connectivity index (χ2v) is 13.0. The van der Waals surface area contributed by atoms with Crippen LogP contribution in [0.2, 0.25) is 0 Å². The van der Waals surface area contributed by atoms with E-state index in [0.717, 1.165) is 38.5 Å². The molecule has 0 saturated carbocycles. The second-order valence-electron chi connectivity index (χ2n) is 13.0. The molecule has 0 spiro atoms. The molecule has 10 nitrogen and oxygen atoms in total. The number of hydrogen-bond acceptors (Lipinski definition) is 10. The molecule has 0 amide bonds. The lowest BCUT2D eigenvalue weighted by Crippen LogP contribution is -2.59. The average Bonchev–Trinajstić information content (AvgIpc) is 3.06. The number of esters is 2. The van der Waals surface area contributed by atoms with Crippen molar-refractivity contribution in [3.63, 3.8) is 0 Å². The maximum absolute atomic E-state index is 12.6. The van der Waals surface area contributed by atoms with Gasteiger partial charge in [0.1, 0.15) is 31.0 Å². The van der Waals surface area contributed by atoms with E-state index in [-0.39, 0.29) is 26.1 Å². The van der Waals surface area contributed by atoms with E-state index in [1.54, 1.807) is 0 Å². The Balaban J connectivity index is 2.41. The number of hydrogen-bond donors (Lipinski definition) is 4. The molecule has 1 heterocycles. The number of ether oxygens (including phenoxy) is 4. The molecule has 276 valence electrons. The summed E-state index contributed by atoms with van der Waals surface area (Å²) in [5.41, 5.74) is 0. The molecular formula is C37H68O10. The Labute approximate surface area is 284 Å². The van der Waals surface area contributed by atoms with Crippen LogP contribution in [0.25, 0.3) is 0 Å². The number of allylic oxidation sites excluding steroid dienone is 2. The number of rotatable bonds is 30. The number of carbonyl (C=O) groups excluding carboxylic acids is 2. The summed E-state index contributed by atoms with van der Waals surface area (Å²) in [4.78, 5) is 25.0. The van der Waals surface area contributed by atoms with Crippen molar-refractivity contribution in [2.24, 2.45) is 0 Å². The largest absolute Gasteiger partial charge is 0.462 e. The van der Waals surface area contributed by atoms with Crippen molar-refractivity contribution in [1.29, 1.82) is 0 Å². The van der Waals surface area contributed by atoms with E-state index in [4.69, 9.17) is 18.9 Å². The van der Waals surface area contributed by atoms with Gasteiger partial charge in [0, 0.05) is 12.8 Å². The van der Waals surface area contributed by atoms with Crippen molar-refractivity contribution in [2.75, 3.05) is 19.8 Å². The highest BCUT2D eigenvalue weighted by atomic mass is 16.7. The van der Waals surface area contributed by atoms with Crippen molar-refractivity contribution in [3.8, 4) is 0 Å². The molecule has 0 radical (unpaired) electrons. The number of aliphatic hydroxyl groups excluding tert-OH is 4. The van der Waals surface area contributed by atoms with Crippen LogP contribution in [-0.4, -0.2) is 89.0 Å². The van der Waals surface area contributed by atoms with E-state index in [0.29, 0.717) is 6.42 Å². The molecule has 4 N–H and O–H groups in total. The summed E-state index contributed by atoms with van der Waals surface area (Å²) in [6.07, 6.45) is 19.7. The molecular weight excluding hydrogens is 604 g/mol. The fraction of sp³-hybridized carbons (Fsp3) is 0.892. The molecule has 2 unspecified atom stereocenters. The minimum Gasteiger partial charge on any atom is -0.462 e. The smallest absolute Gasteiger partial charge is 0.306 e. The van der Waals surface area contributed by atoms with Crippen LogP contribution < -0.4 is 0 Å². The summed E-state index contributed by atoms with van der Waals surface area (Å²) in [5.74, 6) is -0.868. The third-order valence-electron chi connectivity index (χ3n) is 8.66. The summed E-state index contributed by atoms with van der Waals surface area (Å²) in [6, 6.07) is 0. The molecule has 47 heavy (non-hydrogen) atoms. The minimum atomic E-state index is -1.59. The van der Waals surface area contributed by atoms with Crippen LogP contribution in [-0.2, 0) is 28.5 Å². The Morgan fingerprint density at radius 2 is 1.17 bits per heavy atom. The van der Waals surface area contributed by atoms with Crippen LogP contribution in [0.3, 0.4) is 0 Å². The van der Waals surface area contributed by atoms with Crippen LogP contribution in [0, 0.1) is 0 Å². The Morgan fingerprint density at radius 1 is 0.638 bits per heavy atom. The topological polar surface area (TPSA) is 152 Å². The van der Waals surface area contributed by atoms with Crippen LogP contribution in [0.15, 0.2) is 12.2 Å². The number of unbranched alkanes of at least 4 members (excludes halogenated alkanes) is 17. The predicted octanol–water partition coefficient (Wildman–Crippen LogP) is 6.44. The fourth-order valence-electron chi connectivity index (χ4n) is 5.62. The Kier molecular flexibility index (Phi) is 27.2. The summed E-state index contributed by atoms with van der Waals surface area (Å²) >= 11 is 0. The molecule has 1 saturated heterocycles. The molecule has 0 aromatic rings. The zero-order valence-corrected chi connectivity index (χ0v) is 29.5. The van der Waals surface area contributed by atoms with Gasteiger partial charge in [0.05, 0.1) is 13.2 Å². The zero-order chi connectivity index (χ0) is 34.5. The van der Waals surface area contributed by atoms with Gasteiger partial charge in [-0.25, -0.2) is 0 Å². The second kappa shape index (κ2) is 29.4. The first-order chi connectivity index (χ1) is 22.8. The SMILES string of the molecule is CCCCCCCCCCCCC/C=C/CCC(=O)O[C@H](COC(=O)CCCCCCCCC)CO[C@H]1O[C@@H](CO)[C@@H](O)C(O)C1O. The van der Waals surface area contributed by atoms with Gasteiger partial charge in [-0.1, -0.05) is 129 Å². The standard InChI is InChI=1S/C37H68O10/c1-3-5-7-9-11-12-13-14-15-16-17-18-20-22-24-26-33(40)46-30(28-44-32(39)25-23-21-19-10-8-6-4-2)29-45-37-36(43)35(42)34(41)31(27-38)47-37/h20,22,30-31,34-38,41-43H,3-19,21,23-29H2,1-2H3/b22-20+/t30-,31+,34-,35?,36?,37+/m1/s1. The lowest BCUT2D eigenvalue weighted by Gasteiger charge is -2.39. The van der Waals surface area contributed by atoms with Crippen LogP contribution >= 0.6 is 0 Å². The predicted molar refractivity (Wildman–Crippen MR) is 183 cm³/mol. The van der Waals surface area contributed by atoms with Crippen molar-refractivity contribution in [3.05, 3.63) is 12.2 Å². The Hall–Kier alpha value is -1.56. The quantitative estimate of drug-likeness (QED) is 0.0381. The third kappa shape index (κ3) is 21.9. The summed E-state index contributed by atoms with van der Waals surface area (Å²) in [5, 5.41) is 39.8. The first-order valence-corrected chi connectivity index (χ1v) is 18.8. The average molecular weight is 673 g/mol. The highest BCUT2D eigenvalue weighted by molar-refractivity contribution is 5.70. The van der Waals surface area contributed by atoms with Gasteiger partial charge >= 0.3 is 11.9 Å². The van der Waals surface area contributed by atoms with Crippen LogP contribution in [0.1, 0.15) is 155 Å². The van der Waals surface area contributed by atoms with Gasteiger partial charge in [-0.3, -0.25) is 9.59 Å². The van der Waals surface area contributed by atoms with Gasteiger partial charge in [-0.15, -0.1) is 0 Å². The fourth-order valence-corrected chi connectivity index (χ4v) is 5.62. The van der Waals surface area contributed by atoms with Crippen LogP contribution in [0.4, 0.5) is 0 Å². The maximum Gasteiger partial charge on any atom is 0.306 e. The van der Waals surface area contributed by atoms with Crippen molar-refractivity contribution in [1.82, 2.24) is 0 Å². The lowest BCUT2D eigenvalue weighted by atomic mass is 9.99. The maximum atomic E-state index is 12.6. The lowest BCUT2D eigenvalue weighted by molar-refractivity contribution is -0.305. The summed E-state index contributed by atoms with van der Waals surface area (Å²) in [6.45, 7) is 3.32. The Bertz CT molecular complexity index is 789. The van der Waals surface area contributed by atoms with E-state index in [2.05, 4.69) is 19.9 Å². The molecule has 0 aromatic carbocycles. The van der Waals surface area contributed by atoms with Gasteiger partial charge in [0.15, 0.2) is 12.4 Å². The third-order valence-corrected chi connectivity index (χ3v) is 8.66. The molecule has 1 aliphatic rings. The molecule has 1 fully saturated rings. The molecule has 0 bridgehead atoms. The monoisotopic (exact) mass is 672 g/mol. The van der Waals surface area contributed by atoms with Crippen LogP contribution in [0.5, 0.6) is 0 Å². The Morgan fingerprint density at radius 3 is 1.74 bits per heavy atom. The highest BCUT2D eigenvalue weighted by Gasteiger charge is 2.44. The first-order valence-electron chi connectivity index (χ1n) is 18.8. The molecule has 0 aromatic heterocycles. The summed E-state index contributed by atoms with van der Waals surface area (Å²) < 4.78 is 21.9. The van der Waals surface area contributed by atoms with Crippen molar-refractivity contribution >= 4 is 11.9 Å². The summed E-state index contributed by atoms with van der Waals surface area (Å²) in [7, 11) is 0. The zero-order valence-electron chi connectivity index (χ0n) is 29.5. The van der Waals surface area contributed by atoms with Crippen molar-refractivity contribution in [2.45, 2.75) is 192 Å². The number of aliphatic hydroxyl groups is 4. The normalized spacial score (nSPS) is 22.0. The number of carbonyl (C=O) groups is 2. The minimum absolute atomic E-state index is 0.150. The van der Waals surface area contributed by atoms with Gasteiger partial charge in [0.2, 0.25) is 0 Å². The van der Waals surface area contributed by atoms with Crippen molar-refractivity contribution < 1.29 is 49.0 Å². The molecule has 1 aliphatic heterocycles. The highest BCUT2D eigenvalue weighted by Crippen LogP contribution is 2.22. The van der Waals surface area contributed by atoms with Gasteiger partial charge in [-0.2, -0.15) is 0 Å². The van der Waals surface area contributed by atoms with E-state index >= 15 is 0 Å². The van der Waals surface area contributed by atoms with E-state index in [1.165, 1.54) is 83.5 Å². The first kappa shape index (κ1) is 43.5. The molecule has 1 rings (SSSR count). The molecule has 10 heteroatoms. The molecule has 6 atom stereocenters. The van der Waals surface area contributed by atoms with Gasteiger partial charge in [0.25, 0.3) is 0 Å². The molecule has 0 aliphatic carbocycles. The van der Waals surface area contributed by atoms with Gasteiger partial charge < -0.3 is 39.4 Å². The van der Waals surface area contributed by atoms with Gasteiger partial charge in [-0.05, 0) is 25.7 Å².